The number of benzene rings is 1. The molecule has 19 heavy (non-hydrogen) atoms. The van der Waals surface area contributed by atoms with Gasteiger partial charge in [-0.2, -0.15) is 0 Å². The molecular formula is C15H22N2O2. The maximum Gasteiger partial charge on any atom is 0.257 e. The molecule has 2 rings (SSSR count). The third-order valence-corrected chi connectivity index (χ3v) is 3.68. The van der Waals surface area contributed by atoms with E-state index in [-0.39, 0.29) is 12.5 Å². The van der Waals surface area contributed by atoms with Crippen molar-refractivity contribution >= 4 is 11.6 Å². The van der Waals surface area contributed by atoms with Crippen LogP contribution in [0.2, 0.25) is 0 Å². The fraction of sp³-hybridized carbons (Fsp3) is 0.533. The van der Waals surface area contributed by atoms with Crippen molar-refractivity contribution in [2.24, 2.45) is 5.41 Å². The number of rotatable bonds is 7. The van der Waals surface area contributed by atoms with Crippen molar-refractivity contribution in [1.29, 1.82) is 0 Å². The van der Waals surface area contributed by atoms with Crippen molar-refractivity contribution in [2.45, 2.75) is 32.6 Å². The van der Waals surface area contributed by atoms with Crippen molar-refractivity contribution in [3.8, 4) is 5.75 Å². The highest BCUT2D eigenvalue weighted by Gasteiger charge is 2.41. The van der Waals surface area contributed by atoms with Crippen molar-refractivity contribution in [3.63, 3.8) is 0 Å². The highest BCUT2D eigenvalue weighted by atomic mass is 16.5. The molecule has 0 unspecified atom stereocenters. The second kappa shape index (κ2) is 5.95. The van der Waals surface area contributed by atoms with Gasteiger partial charge in [0.2, 0.25) is 0 Å². The molecule has 3 N–H and O–H groups in total. The molecule has 0 saturated heterocycles. The van der Waals surface area contributed by atoms with E-state index >= 15 is 0 Å². The molecule has 1 fully saturated rings. The van der Waals surface area contributed by atoms with Crippen LogP contribution in [0.15, 0.2) is 24.3 Å². The summed E-state index contributed by atoms with van der Waals surface area (Å²) < 4.78 is 5.41. The molecular weight excluding hydrogens is 240 g/mol. The Morgan fingerprint density at radius 1 is 1.42 bits per heavy atom. The van der Waals surface area contributed by atoms with Crippen LogP contribution in [0.4, 0.5) is 5.69 Å². The fourth-order valence-electron chi connectivity index (χ4n) is 2.31. The van der Waals surface area contributed by atoms with Crippen LogP contribution in [0.1, 0.15) is 32.6 Å². The molecule has 0 spiro atoms. The molecule has 1 aliphatic rings. The number of nitrogens with two attached hydrogens (primary N) is 1. The zero-order valence-corrected chi connectivity index (χ0v) is 11.4. The van der Waals surface area contributed by atoms with Crippen molar-refractivity contribution < 1.29 is 9.53 Å². The summed E-state index contributed by atoms with van der Waals surface area (Å²) >= 11 is 0. The minimum atomic E-state index is -0.0781. The summed E-state index contributed by atoms with van der Waals surface area (Å²) in [4.78, 5) is 11.7. The van der Waals surface area contributed by atoms with Gasteiger partial charge in [0.1, 0.15) is 5.75 Å². The Bertz CT molecular complexity index is 442. The standard InChI is InChI=1S/C15H22N2O2/c1-2-7-15(8-9-15)11-17-14(18)10-19-13-6-4-3-5-12(13)16/h3-6H,2,7-11,16H2,1H3,(H,17,18). The van der Waals surface area contributed by atoms with E-state index in [0.29, 0.717) is 16.9 Å². The van der Waals surface area contributed by atoms with E-state index in [1.165, 1.54) is 25.7 Å². The molecule has 4 nitrogen and oxygen atoms in total. The van der Waals surface area contributed by atoms with E-state index in [9.17, 15) is 4.79 Å². The second-order valence-corrected chi connectivity index (χ2v) is 5.35. The lowest BCUT2D eigenvalue weighted by atomic mass is 10.0. The molecule has 0 aliphatic heterocycles. The van der Waals surface area contributed by atoms with Gasteiger partial charge >= 0.3 is 0 Å². The fourth-order valence-corrected chi connectivity index (χ4v) is 2.31. The van der Waals surface area contributed by atoms with Crippen LogP contribution in [0.25, 0.3) is 0 Å². The number of para-hydroxylation sites is 2. The van der Waals surface area contributed by atoms with E-state index in [0.717, 1.165) is 6.54 Å². The van der Waals surface area contributed by atoms with Crippen LogP contribution in [-0.2, 0) is 4.79 Å². The molecule has 0 bridgehead atoms. The number of carbonyl (C=O) groups excluding carboxylic acids is 1. The second-order valence-electron chi connectivity index (χ2n) is 5.35. The van der Waals surface area contributed by atoms with E-state index in [2.05, 4.69) is 12.2 Å². The molecule has 104 valence electrons. The predicted octanol–water partition coefficient (Wildman–Crippen LogP) is 2.34. The zero-order chi connectivity index (χ0) is 13.7. The average Bonchev–Trinajstić information content (AvgIpc) is 3.16. The molecule has 1 saturated carbocycles. The van der Waals surface area contributed by atoms with Crippen LogP contribution < -0.4 is 15.8 Å². The molecule has 0 heterocycles. The Morgan fingerprint density at radius 3 is 2.79 bits per heavy atom. The lowest BCUT2D eigenvalue weighted by Gasteiger charge is -2.15. The van der Waals surface area contributed by atoms with Gasteiger partial charge in [0, 0.05) is 6.54 Å². The summed E-state index contributed by atoms with van der Waals surface area (Å²) in [6.45, 7) is 2.98. The first-order chi connectivity index (χ1) is 9.15. The Hall–Kier alpha value is -1.71. The van der Waals surface area contributed by atoms with E-state index in [1.54, 1.807) is 12.1 Å². The van der Waals surface area contributed by atoms with Crippen molar-refractivity contribution in [1.82, 2.24) is 5.32 Å². The summed E-state index contributed by atoms with van der Waals surface area (Å²) in [6, 6.07) is 7.20. The third-order valence-electron chi connectivity index (χ3n) is 3.68. The Labute approximate surface area is 114 Å². The van der Waals surface area contributed by atoms with Gasteiger partial charge in [-0.3, -0.25) is 4.79 Å². The Morgan fingerprint density at radius 2 is 2.16 bits per heavy atom. The van der Waals surface area contributed by atoms with E-state index < -0.39 is 0 Å². The number of amides is 1. The maximum absolute atomic E-state index is 11.7. The summed E-state index contributed by atoms with van der Waals surface area (Å²) in [5.41, 5.74) is 6.67. The quantitative estimate of drug-likeness (QED) is 0.741. The van der Waals surface area contributed by atoms with Gasteiger partial charge in [-0.05, 0) is 36.8 Å². The summed E-state index contributed by atoms with van der Waals surface area (Å²) in [5, 5.41) is 2.96. The normalized spacial score (nSPS) is 15.8. The average molecular weight is 262 g/mol. The van der Waals surface area contributed by atoms with Crippen molar-refractivity contribution in [2.75, 3.05) is 18.9 Å². The number of nitrogens with one attached hydrogen (secondary N) is 1. The van der Waals surface area contributed by atoms with Crippen molar-refractivity contribution in [3.05, 3.63) is 24.3 Å². The minimum Gasteiger partial charge on any atom is -0.482 e. The SMILES string of the molecule is CCCC1(CNC(=O)COc2ccccc2N)CC1. The van der Waals surface area contributed by atoms with Crippen LogP contribution in [0.3, 0.4) is 0 Å². The lowest BCUT2D eigenvalue weighted by Crippen LogP contribution is -2.33. The first-order valence-electron chi connectivity index (χ1n) is 6.89. The minimum absolute atomic E-state index is 0.0242. The number of hydrogen-bond acceptors (Lipinski definition) is 3. The lowest BCUT2D eigenvalue weighted by molar-refractivity contribution is -0.123. The van der Waals surface area contributed by atoms with Gasteiger partial charge in [0.25, 0.3) is 5.91 Å². The summed E-state index contributed by atoms with van der Waals surface area (Å²) in [6.07, 6.45) is 4.83. The molecule has 1 aromatic carbocycles. The van der Waals surface area contributed by atoms with Crippen LogP contribution in [0.5, 0.6) is 5.75 Å². The maximum atomic E-state index is 11.7. The van der Waals surface area contributed by atoms with Gasteiger partial charge < -0.3 is 15.8 Å². The van der Waals surface area contributed by atoms with Crippen LogP contribution in [-0.4, -0.2) is 19.1 Å². The summed E-state index contributed by atoms with van der Waals surface area (Å²) in [7, 11) is 0. The Kier molecular flexibility index (Phi) is 4.30. The van der Waals surface area contributed by atoms with Gasteiger partial charge in [-0.15, -0.1) is 0 Å². The molecule has 1 aromatic rings. The molecule has 0 aromatic heterocycles. The number of hydrogen-bond donors (Lipinski definition) is 2. The van der Waals surface area contributed by atoms with Gasteiger partial charge in [0.05, 0.1) is 5.69 Å². The van der Waals surface area contributed by atoms with Crippen LogP contribution >= 0.6 is 0 Å². The van der Waals surface area contributed by atoms with E-state index in [1.807, 2.05) is 12.1 Å². The molecule has 0 atom stereocenters. The monoisotopic (exact) mass is 262 g/mol. The molecule has 1 amide bonds. The largest absolute Gasteiger partial charge is 0.482 e. The highest BCUT2D eigenvalue weighted by molar-refractivity contribution is 5.77. The number of carbonyl (C=O) groups is 1. The molecule has 1 aliphatic carbocycles. The van der Waals surface area contributed by atoms with Gasteiger partial charge in [-0.25, -0.2) is 0 Å². The Balaban J connectivity index is 1.72. The summed E-state index contributed by atoms with van der Waals surface area (Å²) in [5.74, 6) is 0.484. The molecule has 0 radical (unpaired) electrons. The first-order valence-corrected chi connectivity index (χ1v) is 6.89. The van der Waals surface area contributed by atoms with Crippen LogP contribution in [0, 0.1) is 5.41 Å². The first kappa shape index (κ1) is 13.7. The van der Waals surface area contributed by atoms with Gasteiger partial charge in [-0.1, -0.05) is 25.5 Å². The zero-order valence-electron chi connectivity index (χ0n) is 11.4. The predicted molar refractivity (Wildman–Crippen MR) is 75.9 cm³/mol. The molecule has 4 heteroatoms. The smallest absolute Gasteiger partial charge is 0.257 e. The number of nitrogen functional groups attached to an aromatic ring is 1. The topological polar surface area (TPSA) is 64.3 Å². The number of ether oxygens (including phenoxy) is 1. The van der Waals surface area contributed by atoms with Gasteiger partial charge in [0.15, 0.2) is 6.61 Å². The number of anilines is 1. The third kappa shape index (κ3) is 3.88. The van der Waals surface area contributed by atoms with E-state index in [4.69, 9.17) is 10.5 Å². The highest BCUT2D eigenvalue weighted by Crippen LogP contribution is 2.48.